The Morgan fingerprint density at radius 2 is 2.09 bits per heavy atom. The quantitative estimate of drug-likeness (QED) is 0.662. The van der Waals surface area contributed by atoms with E-state index in [0.717, 1.165) is 33.9 Å². The maximum Gasteiger partial charge on any atom is 0.150 e. The number of rotatable bonds is 2. The van der Waals surface area contributed by atoms with Crippen molar-refractivity contribution in [1.82, 2.24) is 4.98 Å². The van der Waals surface area contributed by atoms with Gasteiger partial charge in [-0.15, -0.1) is 0 Å². The van der Waals surface area contributed by atoms with Gasteiger partial charge in [-0.1, -0.05) is 29.8 Å². The molecule has 1 aromatic heterocycles. The lowest BCUT2D eigenvalue weighted by Gasteiger charge is -2.13. The zero-order valence-electron chi connectivity index (χ0n) is 11.6. The zero-order valence-corrected chi connectivity index (χ0v) is 12.4. The van der Waals surface area contributed by atoms with Crippen LogP contribution in [0.5, 0.6) is 0 Å². The largest absolute Gasteiger partial charge is 0.364 e. The van der Waals surface area contributed by atoms with Crippen LogP contribution in [0.25, 0.3) is 10.9 Å². The Morgan fingerprint density at radius 1 is 1.18 bits per heavy atom. The third-order valence-electron chi connectivity index (χ3n) is 3.97. The van der Waals surface area contributed by atoms with E-state index in [0.29, 0.717) is 17.2 Å². The second-order valence-corrected chi connectivity index (χ2v) is 5.81. The van der Waals surface area contributed by atoms with Gasteiger partial charge < -0.3 is 4.74 Å². The van der Waals surface area contributed by atoms with Crippen molar-refractivity contribution in [2.24, 2.45) is 0 Å². The highest BCUT2D eigenvalue weighted by molar-refractivity contribution is 6.31. The number of aromatic nitrogens is 1. The first-order chi connectivity index (χ1) is 10.7. The maximum atomic E-state index is 11.0. The first kappa shape index (κ1) is 13.4. The van der Waals surface area contributed by atoms with Crippen molar-refractivity contribution in [3.8, 4) is 0 Å². The van der Waals surface area contributed by atoms with E-state index in [4.69, 9.17) is 16.3 Å². The van der Waals surface area contributed by atoms with E-state index in [2.05, 4.69) is 4.98 Å². The Hall–Kier alpha value is -2.23. The topological polar surface area (TPSA) is 39.2 Å². The molecule has 0 bridgehead atoms. The van der Waals surface area contributed by atoms with Crippen molar-refractivity contribution < 1.29 is 9.53 Å². The van der Waals surface area contributed by atoms with E-state index in [9.17, 15) is 4.79 Å². The number of carbonyl (C=O) groups is 1. The van der Waals surface area contributed by atoms with E-state index in [-0.39, 0.29) is 6.10 Å². The van der Waals surface area contributed by atoms with Crippen LogP contribution in [0, 0.1) is 0 Å². The van der Waals surface area contributed by atoms with Crippen LogP contribution in [0.2, 0.25) is 5.02 Å². The van der Waals surface area contributed by atoms with Gasteiger partial charge in [-0.05, 0) is 41.0 Å². The molecule has 1 aliphatic heterocycles. The lowest BCUT2D eigenvalue weighted by molar-refractivity contribution is 0.0940. The molecule has 0 saturated heterocycles. The minimum atomic E-state index is -0.154. The molecule has 0 radical (unpaired) electrons. The summed E-state index contributed by atoms with van der Waals surface area (Å²) in [5, 5.41) is 1.59. The minimum absolute atomic E-state index is 0.154. The summed E-state index contributed by atoms with van der Waals surface area (Å²) < 4.78 is 5.92. The number of fused-ring (bicyclic) bond motifs is 2. The lowest BCUT2D eigenvalue weighted by Crippen LogP contribution is -1.99. The monoisotopic (exact) mass is 309 g/mol. The molecule has 4 rings (SSSR count). The van der Waals surface area contributed by atoms with Crippen LogP contribution in [-0.4, -0.2) is 11.3 Å². The molecule has 0 fully saturated rings. The number of nitrogens with zero attached hydrogens (tertiary/aromatic N) is 1. The number of hydrogen-bond acceptors (Lipinski definition) is 3. The summed E-state index contributed by atoms with van der Waals surface area (Å²) in [6.45, 7) is 0.560. The molecule has 4 heteroatoms. The fourth-order valence-corrected chi connectivity index (χ4v) is 3.05. The summed E-state index contributed by atoms with van der Waals surface area (Å²) in [4.78, 5) is 15.3. The molecule has 1 atom stereocenters. The number of pyridine rings is 1. The average Bonchev–Trinajstić information content (AvgIpc) is 2.97. The summed E-state index contributed by atoms with van der Waals surface area (Å²) in [5.74, 6) is 0. The summed E-state index contributed by atoms with van der Waals surface area (Å²) in [6.07, 6.45) is 2.35. The Labute approximate surface area is 132 Å². The zero-order chi connectivity index (χ0) is 15.1. The molecule has 2 aromatic carbocycles. The highest BCUT2D eigenvalue weighted by atomic mass is 35.5. The second kappa shape index (κ2) is 5.20. The average molecular weight is 310 g/mol. The highest BCUT2D eigenvalue weighted by Gasteiger charge is 2.25. The predicted octanol–water partition coefficient (Wildman–Crippen LogP) is 4.32. The Balaban J connectivity index is 1.82. The number of carbonyl (C=O) groups excluding carboxylic acids is 1. The minimum Gasteiger partial charge on any atom is -0.364 e. The Morgan fingerprint density at radius 3 is 2.95 bits per heavy atom. The number of ether oxygens (including phenoxy) is 1. The van der Waals surface area contributed by atoms with Crippen molar-refractivity contribution in [2.45, 2.75) is 12.7 Å². The number of halogens is 1. The van der Waals surface area contributed by atoms with E-state index in [1.54, 1.807) is 6.20 Å². The van der Waals surface area contributed by atoms with Gasteiger partial charge in [-0.2, -0.15) is 0 Å². The van der Waals surface area contributed by atoms with Gasteiger partial charge >= 0.3 is 0 Å². The third-order valence-corrected chi connectivity index (χ3v) is 4.18. The first-order valence-corrected chi connectivity index (χ1v) is 7.37. The molecular formula is C18H12ClNO2. The van der Waals surface area contributed by atoms with E-state index in [1.807, 2.05) is 42.5 Å². The fourth-order valence-electron chi connectivity index (χ4n) is 2.89. The molecule has 3 aromatic rings. The number of benzene rings is 2. The molecule has 1 unspecified atom stereocenters. The second-order valence-electron chi connectivity index (χ2n) is 5.37. The van der Waals surface area contributed by atoms with Gasteiger partial charge in [0, 0.05) is 17.1 Å². The van der Waals surface area contributed by atoms with Gasteiger partial charge in [0.25, 0.3) is 0 Å². The van der Waals surface area contributed by atoms with Gasteiger partial charge in [0.05, 0.1) is 17.1 Å². The Kier molecular flexibility index (Phi) is 3.17. The summed E-state index contributed by atoms with van der Waals surface area (Å²) in [7, 11) is 0. The third kappa shape index (κ3) is 2.19. The molecule has 22 heavy (non-hydrogen) atoms. The van der Waals surface area contributed by atoms with Gasteiger partial charge in [-0.25, -0.2) is 0 Å². The number of aldehydes is 1. The Bertz CT molecular complexity index is 891. The predicted molar refractivity (Wildman–Crippen MR) is 85.2 cm³/mol. The van der Waals surface area contributed by atoms with Crippen molar-refractivity contribution in [3.63, 3.8) is 0 Å². The van der Waals surface area contributed by atoms with E-state index < -0.39 is 0 Å². The smallest absolute Gasteiger partial charge is 0.150 e. The summed E-state index contributed by atoms with van der Waals surface area (Å²) in [6, 6.07) is 13.6. The van der Waals surface area contributed by atoms with Gasteiger partial charge in [0.2, 0.25) is 0 Å². The van der Waals surface area contributed by atoms with Crippen molar-refractivity contribution in [3.05, 3.63) is 75.9 Å². The molecular weight excluding hydrogens is 298 g/mol. The van der Waals surface area contributed by atoms with Crippen LogP contribution in [0.3, 0.4) is 0 Å². The van der Waals surface area contributed by atoms with Crippen LogP contribution < -0.4 is 0 Å². The molecule has 0 spiro atoms. The SMILES string of the molecule is O=Cc1ccc2c(c1)C(c1ccc3ncc(Cl)cc3c1)OC2. The lowest BCUT2D eigenvalue weighted by atomic mass is 9.96. The van der Waals surface area contributed by atoms with E-state index in [1.165, 1.54) is 0 Å². The summed E-state index contributed by atoms with van der Waals surface area (Å²) in [5.41, 5.74) is 4.78. The molecule has 108 valence electrons. The van der Waals surface area contributed by atoms with Crippen molar-refractivity contribution in [2.75, 3.05) is 0 Å². The van der Waals surface area contributed by atoms with Crippen molar-refractivity contribution >= 4 is 28.8 Å². The van der Waals surface area contributed by atoms with Crippen molar-refractivity contribution in [1.29, 1.82) is 0 Å². The maximum absolute atomic E-state index is 11.0. The highest BCUT2D eigenvalue weighted by Crippen LogP contribution is 2.37. The molecule has 3 nitrogen and oxygen atoms in total. The van der Waals surface area contributed by atoms with Crippen LogP contribution in [0.15, 0.2) is 48.7 Å². The van der Waals surface area contributed by atoms with E-state index >= 15 is 0 Å². The van der Waals surface area contributed by atoms with Gasteiger partial charge in [0.15, 0.2) is 0 Å². The van der Waals surface area contributed by atoms with Crippen LogP contribution in [0.1, 0.15) is 33.2 Å². The first-order valence-electron chi connectivity index (χ1n) is 6.99. The molecule has 2 heterocycles. The molecule has 0 saturated carbocycles. The fraction of sp³-hybridized carbons (Fsp3) is 0.111. The normalized spacial score (nSPS) is 16.7. The number of hydrogen-bond donors (Lipinski definition) is 0. The molecule has 0 N–H and O–H groups in total. The van der Waals surface area contributed by atoms with Gasteiger partial charge in [-0.3, -0.25) is 9.78 Å². The van der Waals surface area contributed by atoms with Crippen LogP contribution in [0.4, 0.5) is 0 Å². The van der Waals surface area contributed by atoms with Gasteiger partial charge in [0.1, 0.15) is 12.4 Å². The standard InChI is InChI=1S/C18H12ClNO2/c19-15-7-14-6-12(3-4-17(14)20-8-15)18-16-5-11(9-21)1-2-13(16)10-22-18/h1-9,18H,10H2. The molecule has 1 aliphatic rings. The van der Waals surface area contributed by atoms with Crippen LogP contribution in [-0.2, 0) is 11.3 Å². The molecule has 0 amide bonds. The summed E-state index contributed by atoms with van der Waals surface area (Å²) >= 11 is 6.02. The molecule has 0 aliphatic carbocycles. The van der Waals surface area contributed by atoms with Crippen LogP contribution >= 0.6 is 11.6 Å².